The smallest absolute Gasteiger partial charge is 0.248 e. The largest absolute Gasteiger partial charge is 0.340 e. The summed E-state index contributed by atoms with van der Waals surface area (Å²) in [6, 6.07) is 17.3. The number of thiophene rings is 1. The van der Waals surface area contributed by atoms with Crippen LogP contribution in [0.2, 0.25) is 0 Å². The van der Waals surface area contributed by atoms with Gasteiger partial charge in [-0.1, -0.05) is 28.1 Å². The van der Waals surface area contributed by atoms with Crippen LogP contribution in [0.5, 0.6) is 0 Å². The predicted molar refractivity (Wildman–Crippen MR) is 119 cm³/mol. The third kappa shape index (κ3) is 4.44. The summed E-state index contributed by atoms with van der Waals surface area (Å²) in [5, 5.41) is 8.99. The van der Waals surface area contributed by atoms with E-state index in [1.165, 1.54) is 12.4 Å². The van der Waals surface area contributed by atoms with Crippen LogP contribution < -0.4 is 10.6 Å². The molecule has 5 nitrogen and oxygen atoms in total. The highest BCUT2D eigenvalue weighted by Crippen LogP contribution is 2.27. The number of halogens is 1. The van der Waals surface area contributed by atoms with Gasteiger partial charge in [0.05, 0.1) is 5.52 Å². The number of amides is 1. The number of rotatable bonds is 5. The number of hydrogen-bond acceptors (Lipinski definition) is 5. The third-order valence-electron chi connectivity index (χ3n) is 3.93. The Morgan fingerprint density at radius 1 is 1.04 bits per heavy atom. The van der Waals surface area contributed by atoms with Gasteiger partial charge >= 0.3 is 0 Å². The van der Waals surface area contributed by atoms with Gasteiger partial charge in [-0.05, 0) is 53.9 Å². The van der Waals surface area contributed by atoms with Gasteiger partial charge in [0, 0.05) is 32.2 Å². The van der Waals surface area contributed by atoms with E-state index in [1.807, 2.05) is 60.0 Å². The minimum absolute atomic E-state index is 0.189. The average Bonchev–Trinajstić information content (AvgIpc) is 3.21. The van der Waals surface area contributed by atoms with E-state index in [-0.39, 0.29) is 5.91 Å². The second-order valence-electron chi connectivity index (χ2n) is 5.93. The van der Waals surface area contributed by atoms with E-state index in [1.54, 1.807) is 17.4 Å². The van der Waals surface area contributed by atoms with Crippen LogP contribution in [0.4, 0.5) is 17.2 Å². The van der Waals surface area contributed by atoms with Gasteiger partial charge in [-0.25, -0.2) is 9.97 Å². The summed E-state index contributed by atoms with van der Waals surface area (Å²) in [4.78, 5) is 21.9. The normalized spacial score (nSPS) is 11.0. The van der Waals surface area contributed by atoms with E-state index < -0.39 is 0 Å². The number of benzene rings is 2. The minimum Gasteiger partial charge on any atom is -0.340 e. The van der Waals surface area contributed by atoms with E-state index in [2.05, 4.69) is 36.5 Å². The fourth-order valence-electron chi connectivity index (χ4n) is 2.66. The fraction of sp³-hybridized carbons (Fsp3) is 0. The van der Waals surface area contributed by atoms with Crippen LogP contribution in [-0.4, -0.2) is 15.9 Å². The summed E-state index contributed by atoms with van der Waals surface area (Å²) in [5.74, 6) is 0.486. The van der Waals surface area contributed by atoms with Crippen LogP contribution in [-0.2, 0) is 4.79 Å². The van der Waals surface area contributed by atoms with Crippen molar-refractivity contribution in [2.75, 3.05) is 10.6 Å². The molecular formula is C21H15BrN4OS. The third-order valence-corrected chi connectivity index (χ3v) is 5.26. The monoisotopic (exact) mass is 450 g/mol. The van der Waals surface area contributed by atoms with E-state index in [4.69, 9.17) is 0 Å². The van der Waals surface area contributed by atoms with E-state index in [0.29, 0.717) is 11.5 Å². The fourth-order valence-corrected chi connectivity index (χ4v) is 3.68. The van der Waals surface area contributed by atoms with Crippen molar-refractivity contribution in [2.24, 2.45) is 0 Å². The molecule has 2 aromatic carbocycles. The average molecular weight is 451 g/mol. The molecule has 0 aliphatic carbocycles. The second-order valence-corrected chi connectivity index (χ2v) is 7.82. The maximum absolute atomic E-state index is 12.2. The first-order valence-electron chi connectivity index (χ1n) is 8.47. The Labute approximate surface area is 174 Å². The van der Waals surface area contributed by atoms with Crippen molar-refractivity contribution in [2.45, 2.75) is 0 Å². The van der Waals surface area contributed by atoms with E-state index >= 15 is 0 Å². The van der Waals surface area contributed by atoms with Gasteiger partial charge < -0.3 is 10.6 Å². The van der Waals surface area contributed by atoms with Crippen molar-refractivity contribution < 1.29 is 4.79 Å². The van der Waals surface area contributed by atoms with Gasteiger partial charge in [-0.3, -0.25) is 4.79 Å². The Bertz CT molecular complexity index is 1160. The summed E-state index contributed by atoms with van der Waals surface area (Å²) in [6.45, 7) is 0. The topological polar surface area (TPSA) is 66.9 Å². The van der Waals surface area contributed by atoms with E-state index in [0.717, 1.165) is 25.9 Å². The van der Waals surface area contributed by atoms with Crippen LogP contribution in [0.15, 0.2) is 76.9 Å². The standard InChI is InChI=1S/C21H15BrN4OS/c22-14-3-1-4-15(11-14)26-21-18-12-16(6-8-19(18)23-13-24-21)25-20(27)9-7-17-5-2-10-28-17/h1-13H,(H,25,27)(H,23,24,26). The van der Waals surface area contributed by atoms with Crippen molar-refractivity contribution in [1.82, 2.24) is 9.97 Å². The van der Waals surface area contributed by atoms with Gasteiger partial charge in [-0.15, -0.1) is 11.3 Å². The van der Waals surface area contributed by atoms with E-state index in [9.17, 15) is 4.79 Å². The lowest BCUT2D eigenvalue weighted by Gasteiger charge is -2.10. The summed E-state index contributed by atoms with van der Waals surface area (Å²) in [6.07, 6.45) is 4.84. The van der Waals surface area contributed by atoms with Crippen molar-refractivity contribution in [3.8, 4) is 0 Å². The number of nitrogens with one attached hydrogen (secondary N) is 2. The Kier molecular flexibility index (Phi) is 5.45. The summed E-state index contributed by atoms with van der Waals surface area (Å²) in [7, 11) is 0. The molecule has 138 valence electrons. The molecule has 0 saturated carbocycles. The molecule has 0 spiro atoms. The maximum atomic E-state index is 12.2. The molecule has 0 saturated heterocycles. The molecule has 0 aliphatic heterocycles. The highest BCUT2D eigenvalue weighted by atomic mass is 79.9. The molecule has 4 rings (SSSR count). The Hall–Kier alpha value is -3.03. The molecule has 0 radical (unpaired) electrons. The summed E-state index contributed by atoms with van der Waals surface area (Å²) < 4.78 is 0.973. The van der Waals surface area contributed by atoms with Crippen LogP contribution in [0, 0.1) is 0 Å². The highest BCUT2D eigenvalue weighted by molar-refractivity contribution is 9.10. The van der Waals surface area contributed by atoms with Crippen LogP contribution >= 0.6 is 27.3 Å². The maximum Gasteiger partial charge on any atom is 0.248 e. The first-order chi connectivity index (χ1) is 13.7. The predicted octanol–water partition coefficient (Wildman–Crippen LogP) is 5.85. The molecule has 0 fully saturated rings. The number of carbonyl (C=O) groups excluding carboxylic acids is 1. The van der Waals surface area contributed by atoms with Gasteiger partial charge in [0.15, 0.2) is 0 Å². The lowest BCUT2D eigenvalue weighted by molar-refractivity contribution is -0.111. The number of nitrogens with zero attached hydrogens (tertiary/aromatic N) is 2. The molecule has 0 atom stereocenters. The minimum atomic E-state index is -0.189. The molecule has 0 aliphatic rings. The lowest BCUT2D eigenvalue weighted by atomic mass is 10.2. The lowest BCUT2D eigenvalue weighted by Crippen LogP contribution is -2.07. The number of aromatic nitrogens is 2. The number of fused-ring (bicyclic) bond motifs is 1. The molecular weight excluding hydrogens is 436 g/mol. The second kappa shape index (κ2) is 8.33. The zero-order valence-electron chi connectivity index (χ0n) is 14.6. The molecule has 0 bridgehead atoms. The molecule has 2 heterocycles. The molecule has 2 N–H and O–H groups in total. The zero-order chi connectivity index (χ0) is 19.3. The summed E-state index contributed by atoms with van der Waals surface area (Å²) >= 11 is 5.05. The van der Waals surface area contributed by atoms with Crippen molar-refractivity contribution >= 4 is 67.3 Å². The van der Waals surface area contributed by atoms with Crippen LogP contribution in [0.1, 0.15) is 4.88 Å². The first-order valence-corrected chi connectivity index (χ1v) is 10.1. The van der Waals surface area contributed by atoms with Gasteiger partial charge in [0.25, 0.3) is 0 Å². The SMILES string of the molecule is O=C(C=Cc1cccs1)Nc1ccc2ncnc(Nc3cccc(Br)c3)c2c1. The Balaban J connectivity index is 1.58. The van der Waals surface area contributed by atoms with Crippen LogP contribution in [0.3, 0.4) is 0 Å². The quantitative estimate of drug-likeness (QED) is 0.374. The number of carbonyl (C=O) groups is 1. The zero-order valence-corrected chi connectivity index (χ0v) is 17.0. The van der Waals surface area contributed by atoms with Crippen molar-refractivity contribution in [3.63, 3.8) is 0 Å². The highest BCUT2D eigenvalue weighted by Gasteiger charge is 2.07. The number of anilines is 3. The molecule has 1 amide bonds. The molecule has 7 heteroatoms. The van der Waals surface area contributed by atoms with Gasteiger partial charge in [0.2, 0.25) is 5.91 Å². The Morgan fingerprint density at radius 2 is 1.96 bits per heavy atom. The molecule has 0 unspecified atom stereocenters. The summed E-state index contributed by atoms with van der Waals surface area (Å²) in [5.41, 5.74) is 2.38. The first kappa shape index (κ1) is 18.3. The van der Waals surface area contributed by atoms with Gasteiger partial charge in [0.1, 0.15) is 12.1 Å². The van der Waals surface area contributed by atoms with Crippen LogP contribution in [0.25, 0.3) is 17.0 Å². The van der Waals surface area contributed by atoms with Crippen molar-refractivity contribution in [3.05, 3.63) is 81.7 Å². The van der Waals surface area contributed by atoms with Gasteiger partial charge in [-0.2, -0.15) is 0 Å². The molecule has 2 aromatic heterocycles. The number of hydrogen-bond donors (Lipinski definition) is 2. The molecule has 4 aromatic rings. The van der Waals surface area contributed by atoms with Crippen molar-refractivity contribution in [1.29, 1.82) is 0 Å². The molecule has 28 heavy (non-hydrogen) atoms. The Morgan fingerprint density at radius 3 is 2.79 bits per heavy atom.